The molecule has 0 aliphatic heterocycles. The Bertz CT molecular complexity index is 958. The number of hydrogen-bond acceptors (Lipinski definition) is 3. The van der Waals surface area contributed by atoms with E-state index in [0.29, 0.717) is 12.5 Å². The van der Waals surface area contributed by atoms with Crippen molar-refractivity contribution in [1.82, 2.24) is 0 Å². The molecule has 0 spiro atoms. The van der Waals surface area contributed by atoms with E-state index < -0.39 is 18.0 Å². The Balaban J connectivity index is 1.53. The van der Waals surface area contributed by atoms with Crippen molar-refractivity contribution in [2.24, 2.45) is 41.2 Å². The number of carboxylic acid groups (broad SMARTS) is 1. The average molecular weight is 564 g/mol. The Kier molecular flexibility index (Phi) is 12.6. The van der Waals surface area contributed by atoms with E-state index in [1.807, 2.05) is 0 Å². The van der Waals surface area contributed by atoms with Gasteiger partial charge in [-0.3, -0.25) is 4.79 Å². The molecule has 6 atom stereocenters. The van der Waals surface area contributed by atoms with Crippen LogP contribution < -0.4 is 5.73 Å². The lowest BCUT2D eigenvalue weighted by Gasteiger charge is -2.53. The van der Waals surface area contributed by atoms with E-state index in [2.05, 4.69) is 54.6 Å². The summed E-state index contributed by atoms with van der Waals surface area (Å²) in [5, 5.41) is 21.4. The summed E-state index contributed by atoms with van der Waals surface area (Å²) in [5.74, 6) is -0.348. The number of carboxylic acids is 1. The van der Waals surface area contributed by atoms with Gasteiger partial charge in [-0.25, -0.2) is 0 Å². The second kappa shape index (κ2) is 16.1. The lowest BCUT2D eigenvalue weighted by molar-refractivity contribution is -0.152. The molecule has 3 aliphatic carbocycles. The molecule has 0 aromatic heterocycles. The first-order valence-corrected chi connectivity index (χ1v) is 17.0. The van der Waals surface area contributed by atoms with Crippen molar-refractivity contribution in [3.8, 4) is 0 Å². The van der Waals surface area contributed by atoms with Crippen molar-refractivity contribution < 1.29 is 15.0 Å². The molecule has 0 heterocycles. The van der Waals surface area contributed by atoms with Gasteiger partial charge < -0.3 is 15.9 Å². The molecule has 2 saturated carbocycles. The third-order valence-corrected chi connectivity index (χ3v) is 11.0. The Morgan fingerprint density at radius 3 is 2.29 bits per heavy atom. The second-order valence-electron chi connectivity index (χ2n) is 13.6. The maximum atomic E-state index is 12.8. The van der Waals surface area contributed by atoms with Gasteiger partial charge in [0.25, 0.3) is 0 Å². The minimum absolute atomic E-state index is 0.0772. The molecule has 0 amide bonds. The van der Waals surface area contributed by atoms with E-state index >= 15 is 0 Å². The van der Waals surface area contributed by atoms with Crippen LogP contribution in [0.2, 0.25) is 0 Å². The first kappa shape index (κ1) is 32.0. The van der Waals surface area contributed by atoms with Gasteiger partial charge in [-0.15, -0.1) is 0 Å². The quantitative estimate of drug-likeness (QED) is 0.157. The molecular weight excluding hydrogens is 506 g/mol. The number of aliphatic carboxylic acids is 1. The Labute approximate surface area is 249 Å². The van der Waals surface area contributed by atoms with Gasteiger partial charge in [0, 0.05) is 5.41 Å². The summed E-state index contributed by atoms with van der Waals surface area (Å²) in [7, 11) is 0. The van der Waals surface area contributed by atoms with E-state index in [-0.39, 0.29) is 23.2 Å². The number of aliphatic hydroxyl groups is 1. The van der Waals surface area contributed by atoms with Crippen LogP contribution >= 0.6 is 0 Å². The second-order valence-corrected chi connectivity index (χ2v) is 13.6. The number of benzene rings is 1. The lowest BCUT2D eigenvalue weighted by atomic mass is 9.51. The van der Waals surface area contributed by atoms with Crippen LogP contribution in [-0.4, -0.2) is 28.8 Å². The number of unbranched alkanes of at least 4 members (excludes halogenated alkanes) is 1. The predicted octanol–water partition coefficient (Wildman–Crippen LogP) is 8.44. The molecule has 0 unspecified atom stereocenters. The number of carbonyl (C=O) groups is 1. The molecule has 0 radical (unpaired) electrons. The van der Waals surface area contributed by atoms with Crippen LogP contribution in [0.3, 0.4) is 0 Å². The molecular formula is C37H57NO3. The summed E-state index contributed by atoms with van der Waals surface area (Å²) in [6.45, 7) is 2.22. The highest BCUT2D eigenvalue weighted by atomic mass is 16.4. The number of rotatable bonds is 14. The Hall–Kier alpha value is -1.91. The van der Waals surface area contributed by atoms with Crippen LogP contribution in [-0.2, 0) is 10.2 Å². The van der Waals surface area contributed by atoms with Gasteiger partial charge in [0.1, 0.15) is 0 Å². The zero-order chi connectivity index (χ0) is 29.1. The lowest BCUT2D eigenvalue weighted by Crippen LogP contribution is -2.51. The first-order chi connectivity index (χ1) is 20.0. The fourth-order valence-electron chi connectivity index (χ4n) is 9.01. The highest BCUT2D eigenvalue weighted by Gasteiger charge is 2.52. The Morgan fingerprint density at radius 1 is 0.951 bits per heavy atom. The van der Waals surface area contributed by atoms with Gasteiger partial charge in [0.05, 0.1) is 12.0 Å². The number of hydrogen-bond donors (Lipinski definition) is 3. The van der Waals surface area contributed by atoms with Gasteiger partial charge in [-0.1, -0.05) is 106 Å². The maximum Gasteiger partial charge on any atom is 0.309 e. The molecule has 1 aromatic carbocycles. The molecule has 1 aromatic rings. The number of allylic oxidation sites excluding steroid dienone is 4. The summed E-state index contributed by atoms with van der Waals surface area (Å²) in [6, 6.07) is 10.8. The molecule has 4 nitrogen and oxygen atoms in total. The van der Waals surface area contributed by atoms with Crippen LogP contribution in [0.5, 0.6) is 0 Å². The van der Waals surface area contributed by atoms with Crippen molar-refractivity contribution in [2.75, 3.05) is 6.54 Å². The van der Waals surface area contributed by atoms with Gasteiger partial charge in [-0.05, 0) is 100.0 Å². The monoisotopic (exact) mass is 563 g/mol. The normalized spacial score (nSPS) is 28.5. The molecule has 0 bridgehead atoms. The van der Waals surface area contributed by atoms with Gasteiger partial charge in [-0.2, -0.15) is 0 Å². The molecule has 4 N–H and O–H groups in total. The van der Waals surface area contributed by atoms with Crippen molar-refractivity contribution in [3.05, 3.63) is 60.2 Å². The van der Waals surface area contributed by atoms with Crippen LogP contribution in [0.1, 0.15) is 115 Å². The maximum absolute atomic E-state index is 12.8. The Morgan fingerprint density at radius 2 is 1.63 bits per heavy atom. The summed E-state index contributed by atoms with van der Waals surface area (Å²) < 4.78 is 0. The van der Waals surface area contributed by atoms with Crippen LogP contribution in [0.15, 0.2) is 54.6 Å². The van der Waals surface area contributed by atoms with Gasteiger partial charge in [0.2, 0.25) is 0 Å². The topological polar surface area (TPSA) is 83.5 Å². The zero-order valence-corrected chi connectivity index (χ0v) is 25.6. The van der Waals surface area contributed by atoms with E-state index in [1.54, 1.807) is 6.92 Å². The summed E-state index contributed by atoms with van der Waals surface area (Å²) in [5.41, 5.74) is 7.47. The minimum Gasteiger partial charge on any atom is -0.481 e. The summed E-state index contributed by atoms with van der Waals surface area (Å²) >= 11 is 0. The summed E-state index contributed by atoms with van der Waals surface area (Å²) in [6.07, 6.45) is 28.0. The number of aliphatic hydroxyl groups excluding tert-OH is 1. The van der Waals surface area contributed by atoms with E-state index in [9.17, 15) is 15.0 Å². The predicted molar refractivity (Wildman–Crippen MR) is 170 cm³/mol. The zero-order valence-electron chi connectivity index (χ0n) is 25.6. The van der Waals surface area contributed by atoms with Crippen molar-refractivity contribution >= 4 is 5.97 Å². The largest absolute Gasteiger partial charge is 0.481 e. The summed E-state index contributed by atoms with van der Waals surface area (Å²) in [4.78, 5) is 12.8. The molecule has 0 saturated heterocycles. The first-order valence-electron chi connectivity index (χ1n) is 17.0. The third-order valence-electron chi connectivity index (χ3n) is 11.0. The third kappa shape index (κ3) is 8.14. The van der Waals surface area contributed by atoms with Gasteiger partial charge in [0.15, 0.2) is 0 Å². The highest BCUT2D eigenvalue weighted by molar-refractivity contribution is 5.71. The SMILES string of the molecule is C[C@H](O)[C@H](C(=O)O)[C@H]1[C@@H](CCN)[C@H](CCCC=CCCC2CCCCC2)C=C[C@H]1C1(c2ccccc2)CCCCC1. The molecule has 2 fully saturated rings. The minimum atomic E-state index is -0.907. The van der Waals surface area contributed by atoms with Crippen LogP contribution in [0.4, 0.5) is 0 Å². The van der Waals surface area contributed by atoms with Gasteiger partial charge >= 0.3 is 5.97 Å². The van der Waals surface area contributed by atoms with E-state index in [1.165, 1.54) is 56.9 Å². The smallest absolute Gasteiger partial charge is 0.309 e. The van der Waals surface area contributed by atoms with Crippen LogP contribution in [0.25, 0.3) is 0 Å². The molecule has 228 valence electrons. The van der Waals surface area contributed by atoms with Crippen molar-refractivity contribution in [2.45, 2.75) is 121 Å². The fourth-order valence-corrected chi connectivity index (χ4v) is 9.01. The molecule has 4 rings (SSSR count). The average Bonchev–Trinajstić information content (AvgIpc) is 2.99. The molecule has 3 aliphatic rings. The number of nitrogens with two attached hydrogens (primary N) is 1. The van der Waals surface area contributed by atoms with Crippen molar-refractivity contribution in [3.63, 3.8) is 0 Å². The standard InChI is InChI=1S/C37H57NO3/c1-28(39)34(36(40)41)35-32(24-27-38)30(19-11-4-2-3-8-16-29-17-9-5-10-18-29)22-23-33(35)37(25-14-7-15-26-37)31-20-12-6-13-21-31/h2-3,6,12-13,20-23,28-30,32-35,39H,4-5,7-11,14-19,24-27,38H2,1H3,(H,40,41)/t28-,30+,32-,33+,34-,35-/m0/s1. The molecule has 4 heteroatoms. The fraction of sp³-hybridized carbons (Fsp3) is 0.703. The van der Waals surface area contributed by atoms with Crippen LogP contribution in [0, 0.1) is 35.5 Å². The highest BCUT2D eigenvalue weighted by Crippen LogP contribution is 2.55. The molecule has 41 heavy (non-hydrogen) atoms. The van der Waals surface area contributed by atoms with Crippen molar-refractivity contribution in [1.29, 1.82) is 0 Å². The van der Waals surface area contributed by atoms with E-state index in [0.717, 1.165) is 57.3 Å². The van der Waals surface area contributed by atoms with E-state index in [4.69, 9.17) is 5.73 Å².